The molecule has 4 aromatic rings. The minimum Gasteiger partial charge on any atom is -0.463 e. The normalized spacial score (nSPS) is 10.9. The van der Waals surface area contributed by atoms with Crippen LogP contribution in [0.15, 0.2) is 78.3 Å². The van der Waals surface area contributed by atoms with Crippen LogP contribution in [0, 0.1) is 11.6 Å². The Balaban J connectivity index is 1.60. The van der Waals surface area contributed by atoms with Gasteiger partial charge in [-0.25, -0.2) is 14.0 Å². The van der Waals surface area contributed by atoms with E-state index in [1.807, 2.05) is 12.1 Å². The first kappa shape index (κ1) is 22.9. The molecule has 0 saturated heterocycles. The zero-order valence-electron chi connectivity index (χ0n) is 18.1. The first-order valence-corrected chi connectivity index (χ1v) is 10.5. The molecule has 3 aromatic carbocycles. The third-order valence-electron chi connectivity index (χ3n) is 5.32. The molecule has 0 unspecified atom stereocenters. The van der Waals surface area contributed by atoms with Gasteiger partial charge in [0, 0.05) is 28.5 Å². The quantitative estimate of drug-likeness (QED) is 0.133. The number of carbonyl (C=O) groups is 2. The molecule has 0 amide bonds. The molecule has 0 aliphatic carbocycles. The van der Waals surface area contributed by atoms with Crippen LogP contribution in [0.3, 0.4) is 0 Å². The van der Waals surface area contributed by atoms with Gasteiger partial charge in [0.05, 0.1) is 6.61 Å². The highest BCUT2D eigenvalue weighted by Crippen LogP contribution is 2.38. The van der Waals surface area contributed by atoms with E-state index < -0.39 is 23.6 Å². The van der Waals surface area contributed by atoms with Crippen LogP contribution in [0.25, 0.3) is 33.1 Å². The monoisotopic (exact) mass is 462 g/mol. The van der Waals surface area contributed by atoms with Gasteiger partial charge in [0.15, 0.2) is 22.7 Å². The standard InChI is InChI=1S/C27H20F2O5/c1-3-22(30)32-15-5-6-16-7-9-17(10-8-16)18-11-12-19-20-13-14-21(33-23(31)4-2)25(29)27(20)34-26(19)24(18)28/h3-4,7-14H,1-2,5-6,15H2. The maximum Gasteiger partial charge on any atom is 0.335 e. The Morgan fingerprint density at radius 3 is 2.18 bits per heavy atom. The van der Waals surface area contributed by atoms with Crippen molar-refractivity contribution in [2.75, 3.05) is 6.61 Å². The number of carbonyl (C=O) groups excluding carboxylic acids is 2. The maximum atomic E-state index is 15.4. The van der Waals surface area contributed by atoms with Crippen molar-refractivity contribution in [2.24, 2.45) is 0 Å². The first-order chi connectivity index (χ1) is 16.4. The van der Waals surface area contributed by atoms with Crippen LogP contribution in [0.1, 0.15) is 12.0 Å². The van der Waals surface area contributed by atoms with Gasteiger partial charge < -0.3 is 13.9 Å². The average molecular weight is 462 g/mol. The Kier molecular flexibility index (Phi) is 6.54. The van der Waals surface area contributed by atoms with Gasteiger partial charge in [0.25, 0.3) is 0 Å². The van der Waals surface area contributed by atoms with Crippen LogP contribution in [0.4, 0.5) is 8.78 Å². The van der Waals surface area contributed by atoms with E-state index in [1.54, 1.807) is 24.3 Å². The minimum absolute atomic E-state index is 0.0910. The smallest absolute Gasteiger partial charge is 0.335 e. The second-order valence-electron chi connectivity index (χ2n) is 7.46. The fourth-order valence-corrected chi connectivity index (χ4v) is 3.63. The third-order valence-corrected chi connectivity index (χ3v) is 5.32. The highest BCUT2D eigenvalue weighted by atomic mass is 19.1. The van der Waals surface area contributed by atoms with Gasteiger partial charge in [-0.05, 0) is 42.2 Å². The predicted molar refractivity (Wildman–Crippen MR) is 124 cm³/mol. The first-order valence-electron chi connectivity index (χ1n) is 10.5. The molecule has 4 rings (SSSR count). The van der Waals surface area contributed by atoms with E-state index in [9.17, 15) is 14.0 Å². The average Bonchev–Trinajstić information content (AvgIpc) is 3.24. The van der Waals surface area contributed by atoms with Crippen molar-refractivity contribution in [3.05, 3.63) is 91.0 Å². The number of aryl methyl sites for hydroxylation is 1. The summed E-state index contributed by atoms with van der Waals surface area (Å²) in [6, 6.07) is 13.4. The van der Waals surface area contributed by atoms with Crippen molar-refractivity contribution < 1.29 is 32.3 Å². The molecule has 0 aliphatic rings. The zero-order valence-corrected chi connectivity index (χ0v) is 18.1. The van der Waals surface area contributed by atoms with E-state index >= 15 is 4.39 Å². The predicted octanol–water partition coefficient (Wildman–Crippen LogP) is 6.28. The summed E-state index contributed by atoms with van der Waals surface area (Å²) in [6.45, 7) is 6.91. The minimum atomic E-state index is -0.895. The lowest BCUT2D eigenvalue weighted by Gasteiger charge is -2.07. The number of halogens is 2. The van der Waals surface area contributed by atoms with Crippen LogP contribution in [-0.2, 0) is 20.7 Å². The molecule has 0 spiro atoms. The van der Waals surface area contributed by atoms with Crippen molar-refractivity contribution in [1.82, 2.24) is 0 Å². The Labute approximate surface area is 193 Å². The van der Waals surface area contributed by atoms with Crippen molar-refractivity contribution >= 4 is 33.9 Å². The van der Waals surface area contributed by atoms with Gasteiger partial charge in [-0.3, -0.25) is 0 Å². The van der Waals surface area contributed by atoms with Crippen molar-refractivity contribution in [2.45, 2.75) is 12.8 Å². The molecule has 1 aromatic heterocycles. The second kappa shape index (κ2) is 9.70. The number of benzene rings is 3. The van der Waals surface area contributed by atoms with Crippen LogP contribution in [0.2, 0.25) is 0 Å². The topological polar surface area (TPSA) is 65.7 Å². The fourth-order valence-electron chi connectivity index (χ4n) is 3.63. The molecule has 34 heavy (non-hydrogen) atoms. The summed E-state index contributed by atoms with van der Waals surface area (Å²) in [5.74, 6) is -3.12. The third kappa shape index (κ3) is 4.45. The Hall–Kier alpha value is -4.26. The highest BCUT2D eigenvalue weighted by molar-refractivity contribution is 6.07. The molecule has 0 saturated carbocycles. The molecule has 0 aliphatic heterocycles. The Morgan fingerprint density at radius 2 is 1.50 bits per heavy atom. The van der Waals surface area contributed by atoms with E-state index in [4.69, 9.17) is 13.9 Å². The second-order valence-corrected chi connectivity index (χ2v) is 7.46. The molecule has 172 valence electrons. The number of hydrogen-bond donors (Lipinski definition) is 0. The summed E-state index contributed by atoms with van der Waals surface area (Å²) in [6.07, 6.45) is 3.37. The lowest BCUT2D eigenvalue weighted by molar-refractivity contribution is -0.137. The van der Waals surface area contributed by atoms with Crippen molar-refractivity contribution in [3.8, 4) is 16.9 Å². The van der Waals surface area contributed by atoms with Crippen molar-refractivity contribution in [1.29, 1.82) is 0 Å². The molecule has 0 radical (unpaired) electrons. The van der Waals surface area contributed by atoms with E-state index in [0.29, 0.717) is 34.7 Å². The summed E-state index contributed by atoms with van der Waals surface area (Å²) in [7, 11) is 0. The van der Waals surface area contributed by atoms with Gasteiger partial charge in [-0.2, -0.15) is 4.39 Å². The molecule has 0 N–H and O–H groups in total. The lowest BCUT2D eigenvalue weighted by atomic mass is 10.00. The molecule has 0 bridgehead atoms. The Bertz CT molecular complexity index is 1420. The van der Waals surface area contributed by atoms with E-state index in [-0.39, 0.29) is 23.5 Å². The van der Waals surface area contributed by atoms with E-state index in [1.165, 1.54) is 12.1 Å². The summed E-state index contributed by atoms with van der Waals surface area (Å²) < 4.78 is 45.6. The molecule has 0 atom stereocenters. The molecular formula is C27H20F2O5. The number of furan rings is 1. The summed E-state index contributed by atoms with van der Waals surface area (Å²) >= 11 is 0. The SMILES string of the molecule is C=CC(=O)OCCCc1ccc(-c2ccc3c(oc4c(F)c(OC(=O)C=C)ccc43)c2F)cc1. The van der Waals surface area contributed by atoms with Crippen LogP contribution in [0.5, 0.6) is 5.75 Å². The zero-order chi connectivity index (χ0) is 24.2. The van der Waals surface area contributed by atoms with Crippen LogP contribution in [-0.4, -0.2) is 18.5 Å². The van der Waals surface area contributed by atoms with Gasteiger partial charge in [-0.15, -0.1) is 0 Å². The summed E-state index contributed by atoms with van der Waals surface area (Å²) in [4.78, 5) is 22.5. The van der Waals surface area contributed by atoms with Crippen LogP contribution >= 0.6 is 0 Å². The van der Waals surface area contributed by atoms with Gasteiger partial charge >= 0.3 is 11.9 Å². The Morgan fingerprint density at radius 1 is 0.853 bits per heavy atom. The van der Waals surface area contributed by atoms with Gasteiger partial charge in [0.2, 0.25) is 5.82 Å². The molecule has 7 heteroatoms. The van der Waals surface area contributed by atoms with E-state index in [0.717, 1.165) is 17.7 Å². The molecule has 0 fully saturated rings. The lowest BCUT2D eigenvalue weighted by Crippen LogP contribution is -2.04. The number of hydrogen-bond acceptors (Lipinski definition) is 5. The van der Waals surface area contributed by atoms with Gasteiger partial charge in [0.1, 0.15) is 0 Å². The number of fused-ring (bicyclic) bond motifs is 3. The molecular weight excluding hydrogens is 442 g/mol. The summed E-state index contributed by atoms with van der Waals surface area (Å²) in [5, 5.41) is 0.770. The van der Waals surface area contributed by atoms with Crippen LogP contribution < -0.4 is 4.74 Å². The molecule has 1 heterocycles. The number of rotatable bonds is 8. The van der Waals surface area contributed by atoms with E-state index in [2.05, 4.69) is 13.2 Å². The van der Waals surface area contributed by atoms with Gasteiger partial charge in [-0.1, -0.05) is 43.5 Å². The highest BCUT2D eigenvalue weighted by Gasteiger charge is 2.20. The largest absolute Gasteiger partial charge is 0.463 e. The maximum absolute atomic E-state index is 15.4. The fraction of sp³-hybridized carbons (Fsp3) is 0.111. The number of esters is 2. The summed E-state index contributed by atoms with van der Waals surface area (Å²) in [5.41, 5.74) is 1.64. The van der Waals surface area contributed by atoms with Crippen molar-refractivity contribution in [3.63, 3.8) is 0 Å². The number of ether oxygens (including phenoxy) is 2. The molecule has 5 nitrogen and oxygen atoms in total.